The SMILES string of the molecule is CC(C)NC(=O)c1ccc(Cl)cc1NC(=O)c1ccc(=O)n(Cc2ccccc2Cl)c1. The second-order valence-corrected chi connectivity index (χ2v) is 8.09. The van der Waals surface area contributed by atoms with Crippen molar-refractivity contribution in [2.75, 3.05) is 5.32 Å². The van der Waals surface area contributed by atoms with Crippen LogP contribution in [0.25, 0.3) is 0 Å². The lowest BCUT2D eigenvalue weighted by Crippen LogP contribution is -2.31. The van der Waals surface area contributed by atoms with E-state index >= 15 is 0 Å². The van der Waals surface area contributed by atoms with Gasteiger partial charge in [-0.25, -0.2) is 0 Å². The second-order valence-electron chi connectivity index (χ2n) is 7.25. The van der Waals surface area contributed by atoms with Crippen LogP contribution in [0.15, 0.2) is 65.6 Å². The van der Waals surface area contributed by atoms with Crippen molar-refractivity contribution in [3.8, 4) is 0 Å². The van der Waals surface area contributed by atoms with Gasteiger partial charge >= 0.3 is 0 Å². The molecule has 0 atom stereocenters. The number of rotatable bonds is 6. The minimum absolute atomic E-state index is 0.0694. The molecule has 2 amide bonds. The van der Waals surface area contributed by atoms with E-state index in [9.17, 15) is 14.4 Å². The molecule has 0 saturated carbocycles. The molecule has 0 aliphatic carbocycles. The molecule has 0 aliphatic rings. The first-order chi connectivity index (χ1) is 14.7. The monoisotopic (exact) mass is 457 g/mol. The van der Waals surface area contributed by atoms with E-state index < -0.39 is 5.91 Å². The predicted molar refractivity (Wildman–Crippen MR) is 123 cm³/mol. The fourth-order valence-electron chi connectivity index (χ4n) is 2.95. The Hall–Kier alpha value is -3.09. The van der Waals surface area contributed by atoms with E-state index in [1.54, 1.807) is 24.3 Å². The quantitative estimate of drug-likeness (QED) is 0.567. The van der Waals surface area contributed by atoms with Crippen LogP contribution in [0.5, 0.6) is 0 Å². The first-order valence-electron chi connectivity index (χ1n) is 9.60. The van der Waals surface area contributed by atoms with Crippen molar-refractivity contribution in [3.63, 3.8) is 0 Å². The minimum Gasteiger partial charge on any atom is -0.350 e. The van der Waals surface area contributed by atoms with Gasteiger partial charge in [-0.3, -0.25) is 14.4 Å². The van der Waals surface area contributed by atoms with Crippen LogP contribution in [-0.4, -0.2) is 22.4 Å². The van der Waals surface area contributed by atoms with E-state index in [1.165, 1.54) is 29.0 Å². The van der Waals surface area contributed by atoms with Crippen molar-refractivity contribution >= 4 is 40.7 Å². The average molecular weight is 458 g/mol. The first-order valence-corrected chi connectivity index (χ1v) is 10.4. The van der Waals surface area contributed by atoms with Gasteiger partial charge in [-0.2, -0.15) is 0 Å². The molecule has 8 heteroatoms. The molecule has 0 radical (unpaired) electrons. The Bertz CT molecular complexity index is 1190. The molecule has 1 heterocycles. The van der Waals surface area contributed by atoms with Gasteiger partial charge in [0.2, 0.25) is 0 Å². The van der Waals surface area contributed by atoms with Crippen LogP contribution in [-0.2, 0) is 6.54 Å². The summed E-state index contributed by atoms with van der Waals surface area (Å²) in [4.78, 5) is 37.6. The van der Waals surface area contributed by atoms with Crippen molar-refractivity contribution in [2.45, 2.75) is 26.4 Å². The second kappa shape index (κ2) is 9.81. The highest BCUT2D eigenvalue weighted by atomic mass is 35.5. The van der Waals surface area contributed by atoms with Crippen molar-refractivity contribution in [2.24, 2.45) is 0 Å². The Labute approximate surface area is 189 Å². The molecule has 31 heavy (non-hydrogen) atoms. The van der Waals surface area contributed by atoms with Crippen LogP contribution in [0.1, 0.15) is 40.1 Å². The molecule has 0 fully saturated rings. The normalized spacial score (nSPS) is 10.7. The number of benzene rings is 2. The smallest absolute Gasteiger partial charge is 0.257 e. The van der Waals surface area contributed by atoms with Gasteiger partial charge < -0.3 is 15.2 Å². The molecule has 6 nitrogen and oxygen atoms in total. The highest BCUT2D eigenvalue weighted by molar-refractivity contribution is 6.31. The molecular weight excluding hydrogens is 437 g/mol. The van der Waals surface area contributed by atoms with Gasteiger partial charge in [-0.15, -0.1) is 0 Å². The number of hydrogen-bond donors (Lipinski definition) is 2. The zero-order chi connectivity index (χ0) is 22.5. The molecule has 2 N–H and O–H groups in total. The largest absolute Gasteiger partial charge is 0.350 e. The summed E-state index contributed by atoms with van der Waals surface area (Å²) in [6, 6.07) is 14.5. The highest BCUT2D eigenvalue weighted by Crippen LogP contribution is 2.22. The topological polar surface area (TPSA) is 80.2 Å². The summed E-state index contributed by atoms with van der Waals surface area (Å²) < 4.78 is 1.40. The lowest BCUT2D eigenvalue weighted by atomic mass is 10.1. The highest BCUT2D eigenvalue weighted by Gasteiger charge is 2.16. The molecule has 2 aromatic carbocycles. The van der Waals surface area contributed by atoms with E-state index in [0.717, 1.165) is 5.56 Å². The number of nitrogens with one attached hydrogen (secondary N) is 2. The number of carbonyl (C=O) groups excluding carboxylic acids is 2. The number of amides is 2. The Kier molecular flexibility index (Phi) is 7.15. The molecule has 0 unspecified atom stereocenters. The van der Waals surface area contributed by atoms with Crippen molar-refractivity contribution in [1.29, 1.82) is 0 Å². The van der Waals surface area contributed by atoms with Crippen LogP contribution >= 0.6 is 23.2 Å². The molecule has 0 saturated heterocycles. The summed E-state index contributed by atoms with van der Waals surface area (Å²) in [5.41, 5.74) is 1.31. The third kappa shape index (κ3) is 5.75. The molecule has 160 valence electrons. The predicted octanol–water partition coefficient (Wildman–Crippen LogP) is 4.59. The van der Waals surface area contributed by atoms with Crippen molar-refractivity contribution in [3.05, 3.63) is 97.9 Å². The van der Waals surface area contributed by atoms with Crippen LogP contribution in [0.4, 0.5) is 5.69 Å². The van der Waals surface area contributed by atoms with Gasteiger partial charge in [-0.1, -0.05) is 41.4 Å². The third-order valence-electron chi connectivity index (χ3n) is 4.44. The first kappa shape index (κ1) is 22.6. The summed E-state index contributed by atoms with van der Waals surface area (Å²) in [6.07, 6.45) is 1.46. The van der Waals surface area contributed by atoms with Gasteiger partial charge in [0.1, 0.15) is 0 Å². The van der Waals surface area contributed by atoms with Gasteiger partial charge in [-0.05, 0) is 49.7 Å². The Balaban J connectivity index is 1.88. The van der Waals surface area contributed by atoms with Crippen molar-refractivity contribution < 1.29 is 9.59 Å². The molecule has 0 spiro atoms. The van der Waals surface area contributed by atoms with Crippen LogP contribution in [0, 0.1) is 0 Å². The number of nitrogens with zero attached hydrogens (tertiary/aromatic N) is 1. The van der Waals surface area contributed by atoms with Crippen LogP contribution in [0.3, 0.4) is 0 Å². The molecule has 3 aromatic rings. The average Bonchev–Trinajstić information content (AvgIpc) is 2.70. The molecule has 0 bridgehead atoms. The minimum atomic E-state index is -0.478. The summed E-state index contributed by atoms with van der Waals surface area (Å²) >= 11 is 12.3. The van der Waals surface area contributed by atoms with Crippen molar-refractivity contribution in [1.82, 2.24) is 9.88 Å². The van der Waals surface area contributed by atoms with Gasteiger partial charge in [0, 0.05) is 28.4 Å². The lowest BCUT2D eigenvalue weighted by molar-refractivity contribution is 0.0944. The fourth-order valence-corrected chi connectivity index (χ4v) is 3.32. The summed E-state index contributed by atoms with van der Waals surface area (Å²) in [5.74, 6) is -0.806. The standard InChI is InChI=1S/C23H21Cl2N3O3/c1-14(2)26-23(31)18-9-8-17(24)11-20(18)27-22(30)16-7-10-21(29)28(13-16)12-15-5-3-4-6-19(15)25/h3-11,13-14H,12H2,1-2H3,(H,26,31)(H,27,30). The molecule has 1 aromatic heterocycles. The maximum atomic E-state index is 12.9. The van der Waals surface area contributed by atoms with Gasteiger partial charge in [0.05, 0.1) is 23.4 Å². The summed E-state index contributed by atoms with van der Waals surface area (Å²) in [5, 5.41) is 6.41. The Morgan fingerprint density at radius 1 is 1.00 bits per heavy atom. The number of hydrogen-bond acceptors (Lipinski definition) is 3. The summed E-state index contributed by atoms with van der Waals surface area (Å²) in [6.45, 7) is 3.90. The maximum absolute atomic E-state index is 12.9. The van der Waals surface area contributed by atoms with Crippen LogP contribution < -0.4 is 16.2 Å². The third-order valence-corrected chi connectivity index (χ3v) is 5.04. The molecule has 3 rings (SSSR count). The zero-order valence-electron chi connectivity index (χ0n) is 17.0. The van der Waals surface area contributed by atoms with E-state index in [1.807, 2.05) is 26.0 Å². The van der Waals surface area contributed by atoms with E-state index in [4.69, 9.17) is 23.2 Å². The van der Waals surface area contributed by atoms with E-state index in [2.05, 4.69) is 10.6 Å². The van der Waals surface area contributed by atoms with E-state index in [-0.39, 0.29) is 40.9 Å². The number of carbonyl (C=O) groups is 2. The lowest BCUT2D eigenvalue weighted by Gasteiger charge is -2.14. The van der Waals surface area contributed by atoms with Crippen LogP contribution in [0.2, 0.25) is 10.0 Å². The number of pyridine rings is 1. The fraction of sp³-hybridized carbons (Fsp3) is 0.174. The molecular formula is C23H21Cl2N3O3. The number of anilines is 1. The van der Waals surface area contributed by atoms with Gasteiger partial charge in [0.15, 0.2) is 0 Å². The molecule has 0 aliphatic heterocycles. The zero-order valence-corrected chi connectivity index (χ0v) is 18.5. The number of aromatic nitrogens is 1. The van der Waals surface area contributed by atoms with E-state index in [0.29, 0.717) is 10.0 Å². The Morgan fingerprint density at radius 2 is 1.74 bits per heavy atom. The maximum Gasteiger partial charge on any atom is 0.257 e. The number of halogens is 2. The van der Waals surface area contributed by atoms with Gasteiger partial charge in [0.25, 0.3) is 17.4 Å². The summed E-state index contributed by atoms with van der Waals surface area (Å²) in [7, 11) is 0. The Morgan fingerprint density at radius 3 is 2.45 bits per heavy atom.